The normalized spacial score (nSPS) is 11.8. The van der Waals surface area contributed by atoms with Crippen LogP contribution >= 0.6 is 27.7 Å². The molecular formula is C20H20BrFN4O3S. The number of aromatic nitrogens is 3. The van der Waals surface area contributed by atoms with Crippen LogP contribution in [0.25, 0.3) is 0 Å². The molecule has 0 bridgehead atoms. The first-order valence-corrected chi connectivity index (χ1v) is 10.7. The molecule has 1 atom stereocenters. The molecule has 0 aliphatic rings. The number of carbonyl (C=O) groups excluding carboxylic acids is 1. The first-order valence-electron chi connectivity index (χ1n) is 8.95. The third-order valence-corrected chi connectivity index (χ3v) is 5.64. The highest BCUT2D eigenvalue weighted by Crippen LogP contribution is 2.26. The summed E-state index contributed by atoms with van der Waals surface area (Å²) in [7, 11) is 3.39. The van der Waals surface area contributed by atoms with Crippen LogP contribution in [0.2, 0.25) is 0 Å². The van der Waals surface area contributed by atoms with E-state index in [0.717, 1.165) is 0 Å². The first-order chi connectivity index (χ1) is 14.4. The predicted molar refractivity (Wildman–Crippen MR) is 116 cm³/mol. The van der Waals surface area contributed by atoms with Crippen molar-refractivity contribution in [3.63, 3.8) is 0 Å². The van der Waals surface area contributed by atoms with Gasteiger partial charge in [0, 0.05) is 17.6 Å². The lowest BCUT2D eigenvalue weighted by Crippen LogP contribution is -2.15. The summed E-state index contributed by atoms with van der Waals surface area (Å²) < 4.78 is 27.4. The molecule has 10 heteroatoms. The number of carbonyl (C=O) groups is 1. The topological polar surface area (TPSA) is 78.3 Å². The molecule has 3 rings (SSSR count). The second-order valence-corrected chi connectivity index (χ2v) is 8.16. The number of methoxy groups -OCH3 is 1. The SMILES string of the molecule is COc1cccc(OC(C)c2nnc(SCC(=O)Nc3ccc(Br)cc3F)n2C)c1. The number of hydrogen-bond acceptors (Lipinski definition) is 6. The number of halogens is 2. The van der Waals surface area contributed by atoms with Crippen LogP contribution < -0.4 is 14.8 Å². The third-order valence-electron chi connectivity index (χ3n) is 4.12. The first kappa shape index (κ1) is 22.1. The Kier molecular flexibility index (Phi) is 7.33. The van der Waals surface area contributed by atoms with Gasteiger partial charge in [0.05, 0.1) is 18.6 Å². The molecule has 0 fully saturated rings. The lowest BCUT2D eigenvalue weighted by Gasteiger charge is -2.14. The maximum Gasteiger partial charge on any atom is 0.234 e. The molecule has 1 aromatic heterocycles. The minimum atomic E-state index is -0.507. The van der Waals surface area contributed by atoms with Crippen LogP contribution in [0.5, 0.6) is 11.5 Å². The fourth-order valence-electron chi connectivity index (χ4n) is 2.64. The van der Waals surface area contributed by atoms with Crippen LogP contribution in [-0.2, 0) is 11.8 Å². The number of benzene rings is 2. The van der Waals surface area contributed by atoms with Gasteiger partial charge in [0.2, 0.25) is 5.91 Å². The number of nitrogens with one attached hydrogen (secondary N) is 1. The van der Waals surface area contributed by atoms with E-state index in [-0.39, 0.29) is 23.5 Å². The quantitative estimate of drug-likeness (QED) is 0.461. The Morgan fingerprint density at radius 3 is 2.77 bits per heavy atom. The molecule has 30 heavy (non-hydrogen) atoms. The molecule has 1 N–H and O–H groups in total. The van der Waals surface area contributed by atoms with Gasteiger partial charge in [-0.3, -0.25) is 4.79 Å². The number of thioether (sulfide) groups is 1. The van der Waals surface area contributed by atoms with Crippen LogP contribution in [0.4, 0.5) is 10.1 Å². The van der Waals surface area contributed by atoms with Crippen molar-refractivity contribution in [3.05, 3.63) is 58.6 Å². The third kappa shape index (κ3) is 5.51. The van der Waals surface area contributed by atoms with Crippen molar-refractivity contribution in [1.29, 1.82) is 0 Å². The number of rotatable bonds is 8. The monoisotopic (exact) mass is 494 g/mol. The minimum Gasteiger partial charge on any atom is -0.497 e. The fourth-order valence-corrected chi connectivity index (χ4v) is 3.70. The molecule has 0 aliphatic heterocycles. The Morgan fingerprint density at radius 2 is 2.03 bits per heavy atom. The number of amides is 1. The van der Waals surface area contributed by atoms with Gasteiger partial charge >= 0.3 is 0 Å². The van der Waals surface area contributed by atoms with Crippen molar-refractivity contribution in [3.8, 4) is 11.5 Å². The molecule has 0 radical (unpaired) electrons. The summed E-state index contributed by atoms with van der Waals surface area (Å²) in [4.78, 5) is 12.2. The number of nitrogens with zero attached hydrogens (tertiary/aromatic N) is 3. The number of anilines is 1. The number of ether oxygens (including phenoxy) is 2. The van der Waals surface area contributed by atoms with Crippen LogP contribution in [0, 0.1) is 5.82 Å². The van der Waals surface area contributed by atoms with Crippen molar-refractivity contribution < 1.29 is 18.7 Å². The summed E-state index contributed by atoms with van der Waals surface area (Å²) in [6.45, 7) is 1.86. The van der Waals surface area contributed by atoms with Gasteiger partial charge in [-0.2, -0.15) is 0 Å². The Bertz CT molecular complexity index is 1050. The fraction of sp³-hybridized carbons (Fsp3) is 0.250. The average molecular weight is 495 g/mol. The molecular weight excluding hydrogens is 475 g/mol. The molecule has 0 spiro atoms. The summed E-state index contributed by atoms with van der Waals surface area (Å²) >= 11 is 4.39. The average Bonchev–Trinajstić information content (AvgIpc) is 3.09. The van der Waals surface area contributed by atoms with Gasteiger partial charge in [-0.25, -0.2) is 4.39 Å². The van der Waals surface area contributed by atoms with Crippen LogP contribution in [0.15, 0.2) is 52.1 Å². The van der Waals surface area contributed by atoms with E-state index >= 15 is 0 Å². The maximum absolute atomic E-state index is 13.9. The van der Waals surface area contributed by atoms with Gasteiger partial charge in [-0.05, 0) is 37.3 Å². The molecule has 1 unspecified atom stereocenters. The number of hydrogen-bond donors (Lipinski definition) is 1. The van der Waals surface area contributed by atoms with E-state index < -0.39 is 5.82 Å². The van der Waals surface area contributed by atoms with E-state index in [1.807, 2.05) is 25.1 Å². The van der Waals surface area contributed by atoms with Crippen molar-refractivity contribution >= 4 is 39.3 Å². The lowest BCUT2D eigenvalue weighted by molar-refractivity contribution is -0.113. The Morgan fingerprint density at radius 1 is 1.27 bits per heavy atom. The largest absolute Gasteiger partial charge is 0.497 e. The van der Waals surface area contributed by atoms with Gasteiger partial charge in [0.25, 0.3) is 0 Å². The Hall–Kier alpha value is -2.59. The smallest absolute Gasteiger partial charge is 0.234 e. The summed E-state index contributed by atoms with van der Waals surface area (Å²) in [5, 5.41) is 11.4. The van der Waals surface area contributed by atoms with Crippen LogP contribution in [0.1, 0.15) is 18.9 Å². The molecule has 1 heterocycles. The van der Waals surface area contributed by atoms with Gasteiger partial charge < -0.3 is 19.4 Å². The van der Waals surface area contributed by atoms with E-state index in [0.29, 0.717) is 27.0 Å². The highest BCUT2D eigenvalue weighted by molar-refractivity contribution is 9.10. The van der Waals surface area contributed by atoms with Crippen LogP contribution in [0.3, 0.4) is 0 Å². The zero-order valence-corrected chi connectivity index (χ0v) is 19.0. The summed E-state index contributed by atoms with van der Waals surface area (Å²) in [6.07, 6.45) is -0.366. The molecule has 1 amide bonds. The van der Waals surface area contributed by atoms with E-state index in [9.17, 15) is 9.18 Å². The Labute approximate surface area is 186 Å². The van der Waals surface area contributed by atoms with Gasteiger partial charge in [0.1, 0.15) is 17.3 Å². The zero-order chi connectivity index (χ0) is 21.7. The van der Waals surface area contributed by atoms with Gasteiger partial charge in [-0.15, -0.1) is 10.2 Å². The molecule has 7 nitrogen and oxygen atoms in total. The standard InChI is InChI=1S/C20H20BrFN4O3S/c1-12(29-15-6-4-5-14(10-15)28-3)19-24-25-20(26(19)2)30-11-18(27)23-17-8-7-13(21)9-16(17)22/h4-10,12H,11H2,1-3H3,(H,23,27). The molecule has 0 aliphatic carbocycles. The summed E-state index contributed by atoms with van der Waals surface area (Å²) in [5.74, 6) is 1.17. The van der Waals surface area contributed by atoms with Gasteiger partial charge in [-0.1, -0.05) is 33.8 Å². The van der Waals surface area contributed by atoms with Crippen molar-refractivity contribution in [2.75, 3.05) is 18.2 Å². The molecule has 2 aromatic carbocycles. The van der Waals surface area contributed by atoms with E-state index in [2.05, 4.69) is 31.4 Å². The van der Waals surface area contributed by atoms with Crippen molar-refractivity contribution in [2.45, 2.75) is 18.2 Å². The predicted octanol–water partition coefficient (Wildman–Crippen LogP) is 4.60. The van der Waals surface area contributed by atoms with Crippen molar-refractivity contribution in [2.24, 2.45) is 7.05 Å². The second-order valence-electron chi connectivity index (χ2n) is 6.30. The van der Waals surface area contributed by atoms with Gasteiger partial charge in [0.15, 0.2) is 17.1 Å². The minimum absolute atomic E-state index is 0.0621. The zero-order valence-electron chi connectivity index (χ0n) is 16.6. The van der Waals surface area contributed by atoms with E-state index in [1.165, 1.54) is 23.9 Å². The maximum atomic E-state index is 13.9. The van der Waals surface area contributed by atoms with Crippen LogP contribution in [-0.4, -0.2) is 33.5 Å². The summed E-state index contributed by atoms with van der Waals surface area (Å²) in [5.41, 5.74) is 0.128. The lowest BCUT2D eigenvalue weighted by atomic mass is 10.3. The van der Waals surface area contributed by atoms with E-state index in [4.69, 9.17) is 9.47 Å². The van der Waals surface area contributed by atoms with Crippen molar-refractivity contribution in [1.82, 2.24) is 14.8 Å². The highest BCUT2D eigenvalue weighted by atomic mass is 79.9. The van der Waals surface area contributed by atoms with E-state index in [1.54, 1.807) is 30.9 Å². The Balaban J connectivity index is 1.59. The molecule has 0 saturated carbocycles. The molecule has 158 valence electrons. The summed E-state index contributed by atoms with van der Waals surface area (Å²) in [6, 6.07) is 11.7. The molecule has 3 aromatic rings. The highest BCUT2D eigenvalue weighted by Gasteiger charge is 2.18. The molecule has 0 saturated heterocycles. The second kappa shape index (κ2) is 9.94.